The fraction of sp³-hybridized carbons (Fsp3) is 0.571. The number of hydrogen-bond donors (Lipinski definition) is 2. The van der Waals surface area contributed by atoms with E-state index in [2.05, 4.69) is 17.4 Å². The predicted molar refractivity (Wildman–Crippen MR) is 70.3 cm³/mol. The maximum atomic E-state index is 8.96. The van der Waals surface area contributed by atoms with Crippen LogP contribution in [0.1, 0.15) is 30.0 Å². The van der Waals surface area contributed by atoms with E-state index in [4.69, 9.17) is 14.6 Å². The zero-order valence-corrected chi connectivity index (χ0v) is 11.0. The second-order valence-corrected chi connectivity index (χ2v) is 4.53. The van der Waals surface area contributed by atoms with Crippen molar-refractivity contribution in [2.75, 3.05) is 27.4 Å². The monoisotopic (exact) mass is 251 g/mol. The van der Waals surface area contributed by atoms with E-state index in [-0.39, 0.29) is 6.61 Å². The highest BCUT2D eigenvalue weighted by Gasteiger charge is 2.21. The van der Waals surface area contributed by atoms with Gasteiger partial charge >= 0.3 is 0 Å². The molecule has 1 aliphatic heterocycles. The second kappa shape index (κ2) is 6.07. The van der Waals surface area contributed by atoms with E-state index >= 15 is 0 Å². The summed E-state index contributed by atoms with van der Waals surface area (Å²) in [5.74, 6) is 1.56. The first-order chi connectivity index (χ1) is 8.80. The van der Waals surface area contributed by atoms with Gasteiger partial charge in [-0.2, -0.15) is 0 Å². The average Bonchev–Trinajstić information content (AvgIpc) is 2.43. The Morgan fingerprint density at radius 1 is 1.28 bits per heavy atom. The van der Waals surface area contributed by atoms with Gasteiger partial charge in [-0.1, -0.05) is 0 Å². The number of nitrogens with one attached hydrogen (secondary N) is 1. The molecule has 1 heterocycles. The number of aliphatic hydroxyl groups is 1. The van der Waals surface area contributed by atoms with Crippen LogP contribution in [0, 0.1) is 0 Å². The van der Waals surface area contributed by atoms with Crippen molar-refractivity contribution >= 4 is 0 Å². The van der Waals surface area contributed by atoms with Gasteiger partial charge in [-0.15, -0.1) is 0 Å². The number of aliphatic hydroxyl groups excluding tert-OH is 1. The van der Waals surface area contributed by atoms with Gasteiger partial charge in [0.05, 0.1) is 14.2 Å². The van der Waals surface area contributed by atoms with E-state index in [1.807, 2.05) is 0 Å². The minimum Gasteiger partial charge on any atom is -0.493 e. The van der Waals surface area contributed by atoms with E-state index in [0.717, 1.165) is 37.3 Å². The van der Waals surface area contributed by atoms with Gasteiger partial charge < -0.3 is 19.9 Å². The van der Waals surface area contributed by atoms with Crippen LogP contribution >= 0.6 is 0 Å². The van der Waals surface area contributed by atoms with Crippen LogP contribution in [0.5, 0.6) is 11.5 Å². The molecule has 4 heteroatoms. The van der Waals surface area contributed by atoms with Crippen LogP contribution in [-0.4, -0.2) is 32.5 Å². The summed E-state index contributed by atoms with van der Waals surface area (Å²) in [7, 11) is 3.32. The molecule has 2 rings (SSSR count). The van der Waals surface area contributed by atoms with Crippen LogP contribution < -0.4 is 14.8 Å². The first-order valence-corrected chi connectivity index (χ1v) is 6.39. The lowest BCUT2D eigenvalue weighted by atomic mass is 9.91. The molecular formula is C14H21NO3. The Kier molecular flexibility index (Phi) is 4.44. The zero-order chi connectivity index (χ0) is 13.0. The van der Waals surface area contributed by atoms with Crippen molar-refractivity contribution in [1.29, 1.82) is 0 Å². The first-order valence-electron chi connectivity index (χ1n) is 6.39. The highest BCUT2D eigenvalue weighted by Crippen LogP contribution is 2.36. The largest absolute Gasteiger partial charge is 0.493 e. The predicted octanol–water partition coefficient (Wildman–Crippen LogP) is 1.66. The number of hydrogen-bond acceptors (Lipinski definition) is 4. The standard InChI is InChI=1S/C14H21NO3/c1-17-13-8-10-5-6-15-12(4-3-7-16)11(10)9-14(13)18-2/h8-9,12,15-16H,3-7H2,1-2H3/t12-/m0/s1. The molecule has 0 radical (unpaired) electrons. The third-order valence-electron chi connectivity index (χ3n) is 3.46. The third kappa shape index (κ3) is 2.60. The molecule has 0 aliphatic carbocycles. The van der Waals surface area contributed by atoms with Crippen LogP contribution in [0.4, 0.5) is 0 Å². The van der Waals surface area contributed by atoms with Crippen LogP contribution in [0.2, 0.25) is 0 Å². The van der Waals surface area contributed by atoms with E-state index in [1.165, 1.54) is 11.1 Å². The molecule has 0 fully saturated rings. The summed E-state index contributed by atoms with van der Waals surface area (Å²) in [5, 5.41) is 12.4. The van der Waals surface area contributed by atoms with Crippen molar-refractivity contribution in [2.24, 2.45) is 0 Å². The van der Waals surface area contributed by atoms with Crippen molar-refractivity contribution in [3.63, 3.8) is 0 Å². The van der Waals surface area contributed by atoms with E-state index in [9.17, 15) is 0 Å². The summed E-state index contributed by atoms with van der Waals surface area (Å²) >= 11 is 0. The summed E-state index contributed by atoms with van der Waals surface area (Å²) in [5.41, 5.74) is 2.58. The molecule has 0 spiro atoms. The molecule has 2 N–H and O–H groups in total. The Labute approximate surface area is 108 Å². The molecule has 1 aromatic carbocycles. The quantitative estimate of drug-likeness (QED) is 0.835. The lowest BCUT2D eigenvalue weighted by Crippen LogP contribution is -2.30. The smallest absolute Gasteiger partial charge is 0.161 e. The molecular weight excluding hydrogens is 230 g/mol. The van der Waals surface area contributed by atoms with Gasteiger partial charge in [0.15, 0.2) is 11.5 Å². The minimum atomic E-state index is 0.237. The Bertz CT molecular complexity index is 406. The van der Waals surface area contributed by atoms with Crippen LogP contribution in [-0.2, 0) is 6.42 Å². The maximum Gasteiger partial charge on any atom is 0.161 e. The fourth-order valence-electron chi connectivity index (χ4n) is 2.52. The highest BCUT2D eigenvalue weighted by molar-refractivity contribution is 5.49. The Morgan fingerprint density at radius 2 is 2.00 bits per heavy atom. The average molecular weight is 251 g/mol. The van der Waals surface area contributed by atoms with Crippen molar-refractivity contribution in [2.45, 2.75) is 25.3 Å². The molecule has 0 amide bonds. The van der Waals surface area contributed by atoms with Crippen molar-refractivity contribution in [1.82, 2.24) is 5.32 Å². The molecule has 18 heavy (non-hydrogen) atoms. The van der Waals surface area contributed by atoms with Gasteiger partial charge in [0.25, 0.3) is 0 Å². The normalized spacial score (nSPS) is 18.3. The molecule has 100 valence electrons. The molecule has 0 saturated heterocycles. The molecule has 1 aromatic rings. The molecule has 1 atom stereocenters. The molecule has 0 bridgehead atoms. The van der Waals surface area contributed by atoms with Crippen molar-refractivity contribution in [3.05, 3.63) is 23.3 Å². The zero-order valence-electron chi connectivity index (χ0n) is 11.0. The Morgan fingerprint density at radius 3 is 2.67 bits per heavy atom. The number of methoxy groups -OCH3 is 2. The highest BCUT2D eigenvalue weighted by atomic mass is 16.5. The summed E-state index contributed by atoms with van der Waals surface area (Å²) in [6.45, 7) is 1.21. The van der Waals surface area contributed by atoms with Crippen molar-refractivity contribution < 1.29 is 14.6 Å². The lowest BCUT2D eigenvalue weighted by Gasteiger charge is -2.28. The number of rotatable bonds is 5. The van der Waals surface area contributed by atoms with Gasteiger partial charge in [0.2, 0.25) is 0 Å². The second-order valence-electron chi connectivity index (χ2n) is 4.53. The van der Waals surface area contributed by atoms with E-state index in [1.54, 1.807) is 14.2 Å². The lowest BCUT2D eigenvalue weighted by molar-refractivity contribution is 0.273. The van der Waals surface area contributed by atoms with Crippen LogP contribution in [0.3, 0.4) is 0 Å². The Balaban J connectivity index is 2.31. The summed E-state index contributed by atoms with van der Waals surface area (Å²) < 4.78 is 10.7. The van der Waals surface area contributed by atoms with Gasteiger partial charge in [0.1, 0.15) is 0 Å². The van der Waals surface area contributed by atoms with Gasteiger partial charge in [-0.25, -0.2) is 0 Å². The Hall–Kier alpha value is -1.26. The van der Waals surface area contributed by atoms with Gasteiger partial charge in [0, 0.05) is 12.6 Å². The summed E-state index contributed by atoms with van der Waals surface area (Å²) in [6.07, 6.45) is 2.76. The first kappa shape index (κ1) is 13.2. The number of ether oxygens (including phenoxy) is 2. The maximum absolute atomic E-state index is 8.96. The van der Waals surface area contributed by atoms with Crippen LogP contribution in [0.15, 0.2) is 12.1 Å². The minimum absolute atomic E-state index is 0.237. The molecule has 0 unspecified atom stereocenters. The van der Waals surface area contributed by atoms with Gasteiger partial charge in [-0.05, 0) is 49.1 Å². The molecule has 0 saturated carbocycles. The molecule has 4 nitrogen and oxygen atoms in total. The topological polar surface area (TPSA) is 50.7 Å². The third-order valence-corrected chi connectivity index (χ3v) is 3.46. The van der Waals surface area contributed by atoms with Crippen molar-refractivity contribution in [3.8, 4) is 11.5 Å². The fourth-order valence-corrected chi connectivity index (χ4v) is 2.52. The molecule has 0 aromatic heterocycles. The van der Waals surface area contributed by atoms with Gasteiger partial charge in [-0.3, -0.25) is 0 Å². The number of benzene rings is 1. The van der Waals surface area contributed by atoms with E-state index < -0.39 is 0 Å². The summed E-state index contributed by atoms with van der Waals surface area (Å²) in [6, 6.07) is 4.43. The van der Waals surface area contributed by atoms with E-state index in [0.29, 0.717) is 6.04 Å². The molecule has 1 aliphatic rings. The van der Waals surface area contributed by atoms with Crippen LogP contribution in [0.25, 0.3) is 0 Å². The summed E-state index contributed by atoms with van der Waals surface area (Å²) in [4.78, 5) is 0. The number of fused-ring (bicyclic) bond motifs is 1. The SMILES string of the molecule is COc1cc2c(cc1OC)[C@H](CCCO)NCC2.